The summed E-state index contributed by atoms with van der Waals surface area (Å²) in [5.41, 5.74) is 1.67. The first-order valence-corrected chi connectivity index (χ1v) is 11.1. The molecule has 0 fully saturated rings. The average molecular weight is 488 g/mol. The quantitative estimate of drug-likeness (QED) is 0.401. The smallest absolute Gasteiger partial charge is 0.337 e. The first-order chi connectivity index (χ1) is 17.3. The van der Waals surface area contributed by atoms with E-state index in [2.05, 4.69) is 5.32 Å². The summed E-state index contributed by atoms with van der Waals surface area (Å²) in [6, 6.07) is 18.5. The number of benzene rings is 3. The molecule has 3 aromatic carbocycles. The molecule has 0 saturated carbocycles. The Kier molecular flexibility index (Phi) is 7.00. The zero-order valence-corrected chi connectivity index (χ0v) is 20.1. The van der Waals surface area contributed by atoms with E-state index in [0.717, 1.165) is 15.9 Å². The van der Waals surface area contributed by atoms with Gasteiger partial charge in [-0.2, -0.15) is 0 Å². The Morgan fingerprint density at radius 3 is 2.14 bits per heavy atom. The fraction of sp³-hybridized carbons (Fsp3) is 0.185. The lowest BCUT2D eigenvalue weighted by atomic mass is 10.1. The molecule has 1 heterocycles. The zero-order valence-electron chi connectivity index (χ0n) is 20.1. The van der Waals surface area contributed by atoms with E-state index in [1.807, 2.05) is 24.3 Å². The maximum atomic E-state index is 13.3. The number of rotatable bonds is 7. The number of aryl methyl sites for hydroxylation is 1. The van der Waals surface area contributed by atoms with Gasteiger partial charge in [0.15, 0.2) is 0 Å². The van der Waals surface area contributed by atoms with Crippen molar-refractivity contribution in [3.8, 4) is 5.75 Å². The molecule has 0 aliphatic rings. The number of hydrogen-bond donors (Lipinski definition) is 1. The van der Waals surface area contributed by atoms with Crippen molar-refractivity contribution in [3.05, 3.63) is 110 Å². The Hall–Kier alpha value is -4.66. The van der Waals surface area contributed by atoms with Gasteiger partial charge in [0.25, 0.3) is 11.5 Å². The number of fused-ring (bicyclic) bond motifs is 1. The summed E-state index contributed by atoms with van der Waals surface area (Å²) in [4.78, 5) is 50.6. The van der Waals surface area contributed by atoms with E-state index in [1.54, 1.807) is 50.6 Å². The summed E-state index contributed by atoms with van der Waals surface area (Å²) in [7, 11) is 4.45. The highest BCUT2D eigenvalue weighted by molar-refractivity contribution is 5.97. The van der Waals surface area contributed by atoms with Gasteiger partial charge in [-0.1, -0.05) is 24.3 Å². The van der Waals surface area contributed by atoms with Gasteiger partial charge in [-0.15, -0.1) is 0 Å². The van der Waals surface area contributed by atoms with Crippen molar-refractivity contribution in [2.75, 3.05) is 14.2 Å². The van der Waals surface area contributed by atoms with Gasteiger partial charge in [-0.25, -0.2) is 9.59 Å². The Morgan fingerprint density at radius 2 is 1.50 bits per heavy atom. The number of nitrogens with one attached hydrogen (secondary N) is 1. The van der Waals surface area contributed by atoms with Crippen molar-refractivity contribution >= 4 is 22.8 Å². The molecule has 184 valence electrons. The number of amides is 1. The SMILES string of the molecule is COC(=O)c1ccc(Cn2c(=O)c3cc(C(=O)NCc4ccc(OC)cc4)ccc3n(C)c2=O)cc1. The van der Waals surface area contributed by atoms with Crippen LogP contribution in [0.25, 0.3) is 10.9 Å². The molecule has 0 atom stereocenters. The van der Waals surface area contributed by atoms with E-state index >= 15 is 0 Å². The van der Waals surface area contributed by atoms with Crippen LogP contribution in [0.5, 0.6) is 5.75 Å². The maximum absolute atomic E-state index is 13.3. The first-order valence-electron chi connectivity index (χ1n) is 11.1. The van der Waals surface area contributed by atoms with Gasteiger partial charge in [-0.05, 0) is 53.6 Å². The summed E-state index contributed by atoms with van der Waals surface area (Å²) in [6.07, 6.45) is 0. The van der Waals surface area contributed by atoms with Crippen LogP contribution < -0.4 is 21.3 Å². The van der Waals surface area contributed by atoms with Gasteiger partial charge >= 0.3 is 11.7 Å². The van der Waals surface area contributed by atoms with E-state index in [0.29, 0.717) is 28.8 Å². The first kappa shape index (κ1) is 24.5. The second kappa shape index (κ2) is 10.3. The Labute approximate surface area is 206 Å². The fourth-order valence-corrected chi connectivity index (χ4v) is 3.87. The molecule has 1 N–H and O–H groups in total. The Balaban J connectivity index is 1.61. The molecule has 9 heteroatoms. The molecule has 0 bridgehead atoms. The van der Waals surface area contributed by atoms with Crippen molar-refractivity contribution in [1.29, 1.82) is 0 Å². The highest BCUT2D eigenvalue weighted by atomic mass is 16.5. The number of hydrogen-bond acceptors (Lipinski definition) is 6. The van der Waals surface area contributed by atoms with Crippen molar-refractivity contribution in [2.45, 2.75) is 13.1 Å². The second-order valence-electron chi connectivity index (χ2n) is 8.18. The van der Waals surface area contributed by atoms with Gasteiger partial charge in [0.2, 0.25) is 0 Å². The van der Waals surface area contributed by atoms with E-state index in [-0.39, 0.29) is 17.8 Å². The zero-order chi connectivity index (χ0) is 25.8. The minimum Gasteiger partial charge on any atom is -0.497 e. The third kappa shape index (κ3) is 4.90. The number of ether oxygens (including phenoxy) is 2. The van der Waals surface area contributed by atoms with E-state index < -0.39 is 17.2 Å². The summed E-state index contributed by atoms with van der Waals surface area (Å²) >= 11 is 0. The second-order valence-corrected chi connectivity index (χ2v) is 8.18. The Morgan fingerprint density at radius 1 is 0.861 bits per heavy atom. The minimum absolute atomic E-state index is 0.0107. The van der Waals surface area contributed by atoms with E-state index in [4.69, 9.17) is 9.47 Å². The van der Waals surface area contributed by atoms with Gasteiger partial charge in [-0.3, -0.25) is 18.7 Å². The van der Waals surface area contributed by atoms with Crippen molar-refractivity contribution in [3.63, 3.8) is 0 Å². The minimum atomic E-state index is -0.505. The monoisotopic (exact) mass is 487 g/mol. The molecule has 0 saturated heterocycles. The van der Waals surface area contributed by atoms with E-state index in [1.165, 1.54) is 17.7 Å². The molecular formula is C27H25N3O6. The van der Waals surface area contributed by atoms with Gasteiger partial charge in [0.05, 0.1) is 37.2 Å². The van der Waals surface area contributed by atoms with E-state index in [9.17, 15) is 19.2 Å². The number of esters is 1. The summed E-state index contributed by atoms with van der Waals surface area (Å²) < 4.78 is 12.3. The molecule has 0 aliphatic carbocycles. The van der Waals surface area contributed by atoms with Gasteiger partial charge in [0.1, 0.15) is 5.75 Å². The normalized spacial score (nSPS) is 10.8. The molecule has 1 aromatic heterocycles. The molecular weight excluding hydrogens is 462 g/mol. The molecule has 0 unspecified atom stereocenters. The van der Waals surface area contributed by atoms with Crippen LogP contribution in [0.1, 0.15) is 31.8 Å². The molecule has 0 spiro atoms. The lowest BCUT2D eigenvalue weighted by Gasteiger charge is -2.12. The van der Waals surface area contributed by atoms with Crippen LogP contribution >= 0.6 is 0 Å². The number of aromatic nitrogens is 2. The largest absolute Gasteiger partial charge is 0.497 e. The summed E-state index contributed by atoms with van der Waals surface area (Å²) in [6.45, 7) is 0.316. The highest BCUT2D eigenvalue weighted by Gasteiger charge is 2.15. The number of carbonyl (C=O) groups is 2. The van der Waals surface area contributed by atoms with Crippen LogP contribution in [0, 0.1) is 0 Å². The lowest BCUT2D eigenvalue weighted by molar-refractivity contribution is 0.0600. The Bertz CT molecular complexity index is 1550. The standard InChI is InChI=1S/C27H25N3O6/c1-29-23-13-10-20(24(31)28-15-17-6-11-21(35-2)12-7-17)14-22(23)25(32)30(27(29)34)16-18-4-8-19(9-5-18)26(33)36-3/h4-14H,15-16H2,1-3H3,(H,28,31). The maximum Gasteiger partial charge on any atom is 0.337 e. The number of carbonyl (C=O) groups excluding carboxylic acids is 2. The number of nitrogens with zero attached hydrogens (tertiary/aromatic N) is 2. The molecule has 4 rings (SSSR count). The van der Waals surface area contributed by atoms with Crippen molar-refractivity contribution in [1.82, 2.24) is 14.5 Å². The molecule has 36 heavy (non-hydrogen) atoms. The fourth-order valence-electron chi connectivity index (χ4n) is 3.87. The molecule has 9 nitrogen and oxygen atoms in total. The topological polar surface area (TPSA) is 109 Å². The predicted molar refractivity (Wildman–Crippen MR) is 134 cm³/mol. The third-order valence-corrected chi connectivity index (χ3v) is 5.94. The average Bonchev–Trinajstić information content (AvgIpc) is 2.92. The van der Waals surface area contributed by atoms with Crippen LogP contribution in [0.3, 0.4) is 0 Å². The van der Waals surface area contributed by atoms with Crippen molar-refractivity contribution < 1.29 is 19.1 Å². The summed E-state index contributed by atoms with van der Waals surface area (Å²) in [5.74, 6) is -0.0926. The van der Waals surface area contributed by atoms with Crippen molar-refractivity contribution in [2.24, 2.45) is 7.05 Å². The van der Waals surface area contributed by atoms with Crippen LogP contribution in [-0.4, -0.2) is 35.2 Å². The van der Waals surface area contributed by atoms with Crippen LogP contribution in [-0.2, 0) is 24.9 Å². The van der Waals surface area contributed by atoms with Crippen LogP contribution in [0.15, 0.2) is 76.3 Å². The van der Waals surface area contributed by atoms with Crippen LogP contribution in [0.4, 0.5) is 0 Å². The molecule has 4 aromatic rings. The van der Waals surface area contributed by atoms with Gasteiger partial charge in [0, 0.05) is 19.2 Å². The third-order valence-electron chi connectivity index (χ3n) is 5.94. The molecule has 1 amide bonds. The molecule has 0 radical (unpaired) electrons. The van der Waals surface area contributed by atoms with Gasteiger partial charge < -0.3 is 14.8 Å². The summed E-state index contributed by atoms with van der Waals surface area (Å²) in [5, 5.41) is 3.09. The highest BCUT2D eigenvalue weighted by Crippen LogP contribution is 2.14. The van der Waals surface area contributed by atoms with Crippen LogP contribution in [0.2, 0.25) is 0 Å². The predicted octanol–water partition coefficient (Wildman–Crippen LogP) is 2.47. The molecule has 0 aliphatic heterocycles. The lowest BCUT2D eigenvalue weighted by Crippen LogP contribution is -2.39. The number of methoxy groups -OCH3 is 2.